The number of aliphatic hydroxyl groups is 1. The normalized spacial score (nSPS) is 18.3. The Hall–Kier alpha value is -2.39. The van der Waals surface area contributed by atoms with Gasteiger partial charge < -0.3 is 14.9 Å². The summed E-state index contributed by atoms with van der Waals surface area (Å²) in [5.41, 5.74) is 0.403. The molecule has 2 aliphatic rings. The molecule has 4 rings (SSSR count). The van der Waals surface area contributed by atoms with Crippen LogP contribution in [0.3, 0.4) is 0 Å². The molecule has 2 N–H and O–H groups in total. The molecular formula is C20H21F3N4OS. The lowest BCUT2D eigenvalue weighted by Gasteiger charge is -2.22. The average molecular weight is 422 g/mol. The quantitative estimate of drug-likeness (QED) is 0.746. The van der Waals surface area contributed by atoms with Gasteiger partial charge in [0.25, 0.3) is 0 Å². The molecule has 1 saturated heterocycles. The topological polar surface area (TPSA) is 63.5 Å². The van der Waals surface area contributed by atoms with E-state index in [4.69, 9.17) is 5.41 Å². The lowest BCUT2D eigenvalue weighted by molar-refractivity contribution is -0.137. The fourth-order valence-electron chi connectivity index (χ4n) is 3.69. The minimum absolute atomic E-state index is 0.0846. The maximum atomic E-state index is 13.0. The van der Waals surface area contributed by atoms with Crippen molar-refractivity contribution in [3.63, 3.8) is 0 Å². The van der Waals surface area contributed by atoms with Crippen LogP contribution in [0, 0.1) is 5.41 Å². The standard InChI is InChI=1S/C20H21F3N4OS/c21-20(22,23)14-5-3-4-13(10-14)15-12-29-19(25-15)17-16(28)11-27(18(17)24)9-8-26-6-1-2-7-26/h3-5,10,12,24,28H,1-2,6-9,11H2. The van der Waals surface area contributed by atoms with Gasteiger partial charge in [-0.15, -0.1) is 11.3 Å². The molecule has 1 aromatic carbocycles. The van der Waals surface area contributed by atoms with Gasteiger partial charge in [0.2, 0.25) is 0 Å². The van der Waals surface area contributed by atoms with Gasteiger partial charge in [-0.25, -0.2) is 4.98 Å². The molecule has 154 valence electrons. The Kier molecular flexibility index (Phi) is 5.35. The molecule has 1 aromatic heterocycles. The van der Waals surface area contributed by atoms with E-state index < -0.39 is 11.7 Å². The van der Waals surface area contributed by atoms with Crippen LogP contribution in [-0.4, -0.2) is 58.4 Å². The van der Waals surface area contributed by atoms with Gasteiger partial charge in [0.15, 0.2) is 0 Å². The molecule has 2 aromatic rings. The highest BCUT2D eigenvalue weighted by Crippen LogP contribution is 2.35. The van der Waals surface area contributed by atoms with Gasteiger partial charge in [-0.05, 0) is 38.1 Å². The minimum Gasteiger partial charge on any atom is -0.510 e. The fourth-order valence-corrected chi connectivity index (χ4v) is 4.59. The maximum absolute atomic E-state index is 13.0. The third kappa shape index (κ3) is 4.16. The molecule has 9 heteroatoms. The van der Waals surface area contributed by atoms with Crippen molar-refractivity contribution >= 4 is 22.7 Å². The first-order valence-electron chi connectivity index (χ1n) is 9.45. The average Bonchev–Trinajstić information content (AvgIpc) is 3.41. The number of hydrogen-bond acceptors (Lipinski definition) is 5. The van der Waals surface area contributed by atoms with Crippen molar-refractivity contribution in [2.75, 3.05) is 32.7 Å². The second-order valence-corrected chi connectivity index (χ2v) is 8.12. The molecule has 0 unspecified atom stereocenters. The summed E-state index contributed by atoms with van der Waals surface area (Å²) in [5, 5.41) is 21.0. The molecule has 3 heterocycles. The molecule has 0 aliphatic carbocycles. The van der Waals surface area contributed by atoms with Crippen LogP contribution in [0.5, 0.6) is 0 Å². The van der Waals surface area contributed by atoms with Crippen LogP contribution in [0.2, 0.25) is 0 Å². The van der Waals surface area contributed by atoms with Crippen molar-refractivity contribution < 1.29 is 18.3 Å². The summed E-state index contributed by atoms with van der Waals surface area (Å²) in [4.78, 5) is 8.57. The smallest absolute Gasteiger partial charge is 0.416 e. The number of benzene rings is 1. The number of alkyl halides is 3. The monoisotopic (exact) mass is 422 g/mol. The van der Waals surface area contributed by atoms with Gasteiger partial charge in [0, 0.05) is 24.0 Å². The molecule has 29 heavy (non-hydrogen) atoms. The lowest BCUT2D eigenvalue weighted by atomic mass is 10.1. The van der Waals surface area contributed by atoms with E-state index in [0.717, 1.165) is 31.8 Å². The number of halogens is 3. The Morgan fingerprint density at radius 2 is 1.93 bits per heavy atom. The van der Waals surface area contributed by atoms with E-state index in [2.05, 4.69) is 9.88 Å². The second-order valence-electron chi connectivity index (χ2n) is 7.26. The highest BCUT2D eigenvalue weighted by molar-refractivity contribution is 7.11. The molecule has 0 bridgehead atoms. The third-order valence-corrected chi connectivity index (χ3v) is 6.13. The SMILES string of the molecule is N=C1C(c2nc(-c3cccc(C(F)(F)F)c3)cs2)=C(O)CN1CCN1CCCC1. The van der Waals surface area contributed by atoms with Gasteiger partial charge in [0.1, 0.15) is 16.6 Å². The summed E-state index contributed by atoms with van der Waals surface area (Å²) in [5.74, 6) is 0.299. The van der Waals surface area contributed by atoms with Crippen LogP contribution in [0.4, 0.5) is 13.2 Å². The van der Waals surface area contributed by atoms with E-state index in [0.29, 0.717) is 28.4 Å². The Labute approximate surface area is 170 Å². The molecule has 0 atom stereocenters. The van der Waals surface area contributed by atoms with Gasteiger partial charge in [-0.1, -0.05) is 12.1 Å². The molecule has 0 spiro atoms. The van der Waals surface area contributed by atoms with Gasteiger partial charge in [0.05, 0.1) is 23.4 Å². The first-order valence-corrected chi connectivity index (χ1v) is 10.3. The molecule has 0 saturated carbocycles. The first kappa shape index (κ1) is 19.9. The van der Waals surface area contributed by atoms with E-state index >= 15 is 0 Å². The highest BCUT2D eigenvalue weighted by atomic mass is 32.1. The van der Waals surface area contributed by atoms with Crippen LogP contribution in [0.25, 0.3) is 16.8 Å². The summed E-state index contributed by atoms with van der Waals surface area (Å²) in [7, 11) is 0. The van der Waals surface area contributed by atoms with Crippen LogP contribution in [-0.2, 0) is 6.18 Å². The predicted octanol–water partition coefficient (Wildman–Crippen LogP) is 4.49. The number of nitrogens with one attached hydrogen (secondary N) is 1. The van der Waals surface area contributed by atoms with E-state index in [1.165, 1.54) is 30.2 Å². The molecule has 0 radical (unpaired) electrons. The summed E-state index contributed by atoms with van der Waals surface area (Å²) in [6.45, 7) is 3.90. The third-order valence-electron chi connectivity index (χ3n) is 5.27. The first-order chi connectivity index (χ1) is 13.8. The zero-order valence-electron chi connectivity index (χ0n) is 15.7. The summed E-state index contributed by atoms with van der Waals surface area (Å²) in [6.07, 6.45) is -2.02. The number of likely N-dealkylation sites (tertiary alicyclic amines) is 1. The van der Waals surface area contributed by atoms with Crippen LogP contribution in [0.1, 0.15) is 23.4 Å². The number of aromatic nitrogens is 1. The number of thiazole rings is 1. The Morgan fingerprint density at radius 3 is 2.66 bits per heavy atom. The van der Waals surface area contributed by atoms with E-state index in [1.54, 1.807) is 11.4 Å². The number of rotatable bonds is 5. The lowest BCUT2D eigenvalue weighted by Crippen LogP contribution is -2.35. The van der Waals surface area contributed by atoms with Crippen molar-refractivity contribution in [3.8, 4) is 11.3 Å². The van der Waals surface area contributed by atoms with E-state index in [1.807, 2.05) is 4.90 Å². The van der Waals surface area contributed by atoms with E-state index in [-0.39, 0.29) is 18.1 Å². The zero-order valence-corrected chi connectivity index (χ0v) is 16.5. The number of hydrogen-bond donors (Lipinski definition) is 2. The number of amidine groups is 1. The molecular weight excluding hydrogens is 401 g/mol. The van der Waals surface area contributed by atoms with Crippen molar-refractivity contribution in [3.05, 3.63) is 46.0 Å². The fraction of sp³-hybridized carbons (Fsp3) is 0.400. The molecule has 5 nitrogen and oxygen atoms in total. The Balaban J connectivity index is 1.50. The molecule has 1 fully saturated rings. The summed E-state index contributed by atoms with van der Waals surface area (Å²) < 4.78 is 38.9. The second kappa shape index (κ2) is 7.79. The van der Waals surface area contributed by atoms with Crippen LogP contribution < -0.4 is 0 Å². The van der Waals surface area contributed by atoms with Crippen molar-refractivity contribution in [2.45, 2.75) is 19.0 Å². The maximum Gasteiger partial charge on any atom is 0.416 e. The largest absolute Gasteiger partial charge is 0.510 e. The van der Waals surface area contributed by atoms with Gasteiger partial charge >= 0.3 is 6.18 Å². The molecule has 2 aliphatic heterocycles. The van der Waals surface area contributed by atoms with Gasteiger partial charge in [-0.2, -0.15) is 13.2 Å². The Bertz CT molecular complexity index is 947. The zero-order chi connectivity index (χ0) is 20.6. The minimum atomic E-state index is -4.42. The number of nitrogens with zero attached hydrogens (tertiary/aromatic N) is 3. The van der Waals surface area contributed by atoms with Crippen molar-refractivity contribution in [2.24, 2.45) is 0 Å². The van der Waals surface area contributed by atoms with E-state index in [9.17, 15) is 18.3 Å². The van der Waals surface area contributed by atoms with Crippen molar-refractivity contribution in [1.29, 1.82) is 5.41 Å². The number of aliphatic hydroxyl groups excluding tert-OH is 1. The van der Waals surface area contributed by atoms with Gasteiger partial charge in [-0.3, -0.25) is 5.41 Å². The van der Waals surface area contributed by atoms with Crippen LogP contribution >= 0.6 is 11.3 Å². The predicted molar refractivity (Wildman–Crippen MR) is 107 cm³/mol. The Morgan fingerprint density at radius 1 is 1.17 bits per heavy atom. The van der Waals surface area contributed by atoms with Crippen LogP contribution in [0.15, 0.2) is 35.4 Å². The summed E-state index contributed by atoms with van der Waals surface area (Å²) in [6, 6.07) is 5.02. The highest BCUT2D eigenvalue weighted by Gasteiger charge is 2.32. The summed E-state index contributed by atoms with van der Waals surface area (Å²) >= 11 is 1.22. The molecule has 0 amide bonds. The van der Waals surface area contributed by atoms with Crippen molar-refractivity contribution in [1.82, 2.24) is 14.8 Å².